The van der Waals surface area contributed by atoms with Crippen LogP contribution >= 0.6 is 0 Å². The van der Waals surface area contributed by atoms with E-state index in [1.807, 2.05) is 0 Å². The van der Waals surface area contributed by atoms with Crippen LogP contribution in [0.4, 0.5) is 19.0 Å². The lowest BCUT2D eigenvalue weighted by Gasteiger charge is -2.04. The van der Waals surface area contributed by atoms with Crippen molar-refractivity contribution in [1.29, 1.82) is 0 Å². The average Bonchev–Trinajstić information content (AvgIpc) is 2.42. The average molecular weight is 223 g/mol. The Morgan fingerprint density at radius 3 is 2.67 bits per heavy atom. The van der Waals surface area contributed by atoms with Gasteiger partial charge in [0.1, 0.15) is 18.1 Å². The third-order valence-electron chi connectivity index (χ3n) is 1.59. The fraction of sp³-hybridized carbons (Fsp3) is 0.429. The highest BCUT2D eigenvalue weighted by molar-refractivity contribution is 5.72. The van der Waals surface area contributed by atoms with Crippen LogP contribution in [0.5, 0.6) is 0 Å². The first-order chi connectivity index (χ1) is 6.80. The zero-order valence-corrected chi connectivity index (χ0v) is 7.67. The summed E-state index contributed by atoms with van der Waals surface area (Å²) in [5, 5.41) is 14.0. The highest BCUT2D eigenvalue weighted by Crippen LogP contribution is 2.30. The molecular formula is C7H8F3N3O2. The molecule has 0 amide bonds. The summed E-state index contributed by atoms with van der Waals surface area (Å²) in [7, 11) is 1.13. The predicted molar refractivity (Wildman–Crippen MR) is 44.3 cm³/mol. The van der Waals surface area contributed by atoms with Crippen LogP contribution in [0.3, 0.4) is 0 Å². The molecule has 0 aliphatic heterocycles. The van der Waals surface area contributed by atoms with Gasteiger partial charge in [-0.1, -0.05) is 0 Å². The van der Waals surface area contributed by atoms with E-state index in [4.69, 9.17) is 5.11 Å². The minimum atomic E-state index is -4.50. The number of alkyl halides is 3. The Balaban J connectivity index is 2.82. The van der Waals surface area contributed by atoms with Crippen LogP contribution in [0.2, 0.25) is 0 Å². The molecule has 1 heterocycles. The Labute approximate surface area is 82.5 Å². The minimum Gasteiger partial charge on any atom is -0.480 e. The summed E-state index contributed by atoms with van der Waals surface area (Å²) in [5.41, 5.74) is -0.935. The molecule has 0 saturated heterocycles. The lowest BCUT2D eigenvalue weighted by molar-refractivity contribution is -0.143. The summed E-state index contributed by atoms with van der Waals surface area (Å²) in [6, 6.07) is 0.753. The van der Waals surface area contributed by atoms with Crippen molar-refractivity contribution in [3.05, 3.63) is 11.8 Å². The number of hydrogen-bond donors (Lipinski definition) is 2. The van der Waals surface area contributed by atoms with Crippen LogP contribution in [-0.4, -0.2) is 27.4 Å². The maximum atomic E-state index is 12.3. The molecule has 0 saturated carbocycles. The fourth-order valence-corrected chi connectivity index (χ4v) is 0.985. The Morgan fingerprint density at radius 1 is 1.67 bits per heavy atom. The SMILES string of the molecule is Cn1nc(NCC(=O)O)cc1C(F)(F)F. The molecule has 8 heteroatoms. The van der Waals surface area contributed by atoms with Crippen LogP contribution in [0.15, 0.2) is 6.07 Å². The molecule has 1 aromatic rings. The minimum absolute atomic E-state index is 0.118. The topological polar surface area (TPSA) is 67.2 Å². The third-order valence-corrected chi connectivity index (χ3v) is 1.59. The normalized spacial score (nSPS) is 11.5. The molecule has 1 rings (SSSR count). The van der Waals surface area contributed by atoms with Gasteiger partial charge in [-0.15, -0.1) is 0 Å². The second-order valence-electron chi connectivity index (χ2n) is 2.78. The van der Waals surface area contributed by atoms with Gasteiger partial charge in [0.2, 0.25) is 0 Å². The molecule has 5 nitrogen and oxygen atoms in total. The highest BCUT2D eigenvalue weighted by Gasteiger charge is 2.34. The standard InChI is InChI=1S/C7H8F3N3O2/c1-13-4(7(8,9)10)2-5(12-13)11-3-6(14)15/h2H,3H2,1H3,(H,11,12)(H,14,15). The predicted octanol–water partition coefficient (Wildman–Crippen LogP) is 0.935. The van der Waals surface area contributed by atoms with Crippen molar-refractivity contribution in [2.45, 2.75) is 6.18 Å². The molecule has 1 aromatic heterocycles. The molecule has 0 spiro atoms. The lowest BCUT2D eigenvalue weighted by atomic mass is 10.4. The van der Waals surface area contributed by atoms with Gasteiger partial charge < -0.3 is 10.4 Å². The van der Waals surface area contributed by atoms with Gasteiger partial charge in [0, 0.05) is 13.1 Å². The number of halogens is 3. The van der Waals surface area contributed by atoms with Crippen LogP contribution < -0.4 is 5.32 Å². The number of rotatable bonds is 3. The number of anilines is 1. The van der Waals surface area contributed by atoms with Crippen molar-refractivity contribution in [3.8, 4) is 0 Å². The molecular weight excluding hydrogens is 215 g/mol. The van der Waals surface area contributed by atoms with Crippen molar-refractivity contribution in [2.24, 2.45) is 7.05 Å². The van der Waals surface area contributed by atoms with E-state index in [9.17, 15) is 18.0 Å². The summed E-state index contributed by atoms with van der Waals surface area (Å²) in [6.07, 6.45) is -4.50. The largest absolute Gasteiger partial charge is 0.480 e. The summed E-state index contributed by atoms with van der Waals surface area (Å²) in [4.78, 5) is 10.1. The van der Waals surface area contributed by atoms with Crippen molar-refractivity contribution >= 4 is 11.8 Å². The monoisotopic (exact) mass is 223 g/mol. The highest BCUT2D eigenvalue weighted by atomic mass is 19.4. The fourth-order valence-electron chi connectivity index (χ4n) is 0.985. The van der Waals surface area contributed by atoms with E-state index in [1.165, 1.54) is 0 Å². The first kappa shape index (κ1) is 11.3. The third kappa shape index (κ3) is 2.86. The van der Waals surface area contributed by atoms with Gasteiger partial charge >= 0.3 is 12.1 Å². The van der Waals surface area contributed by atoms with Gasteiger partial charge in [0.15, 0.2) is 0 Å². The van der Waals surface area contributed by atoms with E-state index in [-0.39, 0.29) is 5.82 Å². The number of aliphatic carboxylic acids is 1. The second kappa shape index (κ2) is 3.79. The van der Waals surface area contributed by atoms with Gasteiger partial charge in [0.25, 0.3) is 0 Å². The number of carboxylic acid groups (broad SMARTS) is 1. The first-order valence-corrected chi connectivity index (χ1v) is 3.87. The van der Waals surface area contributed by atoms with E-state index in [1.54, 1.807) is 0 Å². The number of nitrogens with one attached hydrogen (secondary N) is 1. The Bertz CT molecular complexity index is 372. The number of nitrogens with zero attached hydrogens (tertiary/aromatic N) is 2. The zero-order chi connectivity index (χ0) is 11.6. The molecule has 84 valence electrons. The zero-order valence-electron chi connectivity index (χ0n) is 7.67. The van der Waals surface area contributed by atoms with Gasteiger partial charge in [-0.05, 0) is 0 Å². The second-order valence-corrected chi connectivity index (χ2v) is 2.78. The van der Waals surface area contributed by atoms with Gasteiger partial charge in [-0.2, -0.15) is 18.3 Å². The van der Waals surface area contributed by atoms with Crippen LogP contribution in [0, 0.1) is 0 Å². The molecule has 0 radical (unpaired) electrons. The number of aryl methyl sites for hydroxylation is 1. The van der Waals surface area contributed by atoms with E-state index in [2.05, 4.69) is 10.4 Å². The first-order valence-electron chi connectivity index (χ1n) is 3.87. The molecule has 0 bridgehead atoms. The maximum absolute atomic E-state index is 12.3. The van der Waals surface area contributed by atoms with Crippen molar-refractivity contribution < 1.29 is 23.1 Å². The van der Waals surface area contributed by atoms with Crippen LogP contribution in [0.25, 0.3) is 0 Å². The Hall–Kier alpha value is -1.73. The molecule has 0 atom stereocenters. The molecule has 0 unspecified atom stereocenters. The van der Waals surface area contributed by atoms with Crippen LogP contribution in [-0.2, 0) is 18.0 Å². The van der Waals surface area contributed by atoms with Gasteiger partial charge in [0.05, 0.1) is 0 Å². The molecule has 0 aliphatic carbocycles. The summed E-state index contributed by atoms with van der Waals surface area (Å²) >= 11 is 0. The number of carbonyl (C=O) groups is 1. The molecule has 0 fully saturated rings. The van der Waals surface area contributed by atoms with E-state index >= 15 is 0 Å². The Kier molecular flexibility index (Phi) is 2.87. The summed E-state index contributed by atoms with van der Waals surface area (Å²) in [6.45, 7) is -0.478. The van der Waals surface area contributed by atoms with E-state index in [0.717, 1.165) is 13.1 Å². The van der Waals surface area contributed by atoms with Gasteiger partial charge in [-0.25, -0.2) is 0 Å². The van der Waals surface area contributed by atoms with Crippen molar-refractivity contribution in [3.63, 3.8) is 0 Å². The number of hydrogen-bond acceptors (Lipinski definition) is 3. The van der Waals surface area contributed by atoms with E-state index < -0.39 is 24.4 Å². The summed E-state index contributed by atoms with van der Waals surface area (Å²) < 4.78 is 37.4. The van der Waals surface area contributed by atoms with Crippen molar-refractivity contribution in [2.75, 3.05) is 11.9 Å². The number of aromatic nitrogens is 2. The maximum Gasteiger partial charge on any atom is 0.433 e. The molecule has 0 aliphatic rings. The van der Waals surface area contributed by atoms with Crippen LogP contribution in [0.1, 0.15) is 5.69 Å². The van der Waals surface area contributed by atoms with Crippen molar-refractivity contribution in [1.82, 2.24) is 9.78 Å². The van der Waals surface area contributed by atoms with Gasteiger partial charge in [-0.3, -0.25) is 9.48 Å². The smallest absolute Gasteiger partial charge is 0.433 e. The van der Waals surface area contributed by atoms with E-state index in [0.29, 0.717) is 4.68 Å². The molecule has 15 heavy (non-hydrogen) atoms. The molecule has 0 aromatic carbocycles. The number of carboxylic acids is 1. The Morgan fingerprint density at radius 2 is 2.27 bits per heavy atom. The summed E-state index contributed by atoms with van der Waals surface area (Å²) in [5.74, 6) is -1.29. The molecule has 2 N–H and O–H groups in total. The quantitative estimate of drug-likeness (QED) is 0.800. The lowest BCUT2D eigenvalue weighted by Crippen LogP contribution is -2.12.